The van der Waals surface area contributed by atoms with E-state index in [1.165, 1.54) is 3.57 Å². The lowest BCUT2D eigenvalue weighted by atomic mass is 10.3. The second kappa shape index (κ2) is 4.27. The molecular formula is C7H6INS2. The zero-order valence-electron chi connectivity index (χ0n) is 5.54. The lowest BCUT2D eigenvalue weighted by Crippen LogP contribution is -1.99. The second-order valence-corrected chi connectivity index (χ2v) is 4.34. The standard InChI is InChI=1S/C7H6INS2/c8-5-1-3-6(4-2-5)9-7(10)11/h1-4H,(H2,9,10,11). The Morgan fingerprint density at radius 3 is 2.36 bits per heavy atom. The first-order valence-corrected chi connectivity index (χ1v) is 4.87. The van der Waals surface area contributed by atoms with Crippen LogP contribution in [0.1, 0.15) is 0 Å². The van der Waals surface area contributed by atoms with Crippen LogP contribution in [0.15, 0.2) is 24.3 Å². The molecule has 1 rings (SSSR count). The van der Waals surface area contributed by atoms with E-state index in [1.807, 2.05) is 24.3 Å². The Labute approximate surface area is 90.1 Å². The zero-order chi connectivity index (χ0) is 8.27. The molecule has 0 aliphatic carbocycles. The van der Waals surface area contributed by atoms with Gasteiger partial charge < -0.3 is 5.32 Å². The van der Waals surface area contributed by atoms with Gasteiger partial charge in [-0.1, -0.05) is 12.2 Å². The van der Waals surface area contributed by atoms with Crippen LogP contribution in [0.2, 0.25) is 0 Å². The van der Waals surface area contributed by atoms with E-state index >= 15 is 0 Å². The van der Waals surface area contributed by atoms with Crippen molar-refractivity contribution < 1.29 is 0 Å². The van der Waals surface area contributed by atoms with E-state index in [-0.39, 0.29) is 0 Å². The molecule has 11 heavy (non-hydrogen) atoms. The summed E-state index contributed by atoms with van der Waals surface area (Å²) in [7, 11) is 0. The molecule has 0 heterocycles. The van der Waals surface area contributed by atoms with E-state index in [9.17, 15) is 0 Å². The SMILES string of the molecule is S=C(S)Nc1ccc(I)cc1. The smallest absolute Gasteiger partial charge is 0.135 e. The van der Waals surface area contributed by atoms with Crippen molar-refractivity contribution in [2.24, 2.45) is 0 Å². The predicted octanol–water partition coefficient (Wildman–Crippen LogP) is 2.92. The van der Waals surface area contributed by atoms with Crippen LogP contribution in [0, 0.1) is 3.57 Å². The highest BCUT2D eigenvalue weighted by Gasteiger charge is 1.91. The molecule has 0 atom stereocenters. The van der Waals surface area contributed by atoms with Crippen LogP contribution >= 0.6 is 47.4 Å². The fraction of sp³-hybridized carbons (Fsp3) is 0. The molecule has 1 nitrogen and oxygen atoms in total. The summed E-state index contributed by atoms with van der Waals surface area (Å²) in [5.41, 5.74) is 0.977. The molecule has 1 N–H and O–H groups in total. The summed E-state index contributed by atoms with van der Waals surface area (Å²) in [6.07, 6.45) is 0. The maximum absolute atomic E-state index is 4.76. The van der Waals surface area contributed by atoms with Gasteiger partial charge in [-0.2, -0.15) is 0 Å². The van der Waals surface area contributed by atoms with Gasteiger partial charge in [0.05, 0.1) is 0 Å². The first-order chi connectivity index (χ1) is 5.18. The van der Waals surface area contributed by atoms with Gasteiger partial charge in [0.15, 0.2) is 0 Å². The van der Waals surface area contributed by atoms with Crippen LogP contribution < -0.4 is 5.32 Å². The minimum Gasteiger partial charge on any atom is -0.341 e. The van der Waals surface area contributed by atoms with Crippen molar-refractivity contribution in [2.75, 3.05) is 5.32 Å². The molecule has 4 heteroatoms. The topological polar surface area (TPSA) is 12.0 Å². The average molecular weight is 295 g/mol. The molecule has 0 amide bonds. The summed E-state index contributed by atoms with van der Waals surface area (Å²) in [6, 6.07) is 7.94. The second-order valence-electron chi connectivity index (χ2n) is 1.94. The van der Waals surface area contributed by atoms with Gasteiger partial charge >= 0.3 is 0 Å². The molecule has 0 aliphatic rings. The average Bonchev–Trinajstić information content (AvgIpc) is 1.93. The molecule has 0 unspecified atom stereocenters. The van der Waals surface area contributed by atoms with Gasteiger partial charge in [-0.25, -0.2) is 0 Å². The van der Waals surface area contributed by atoms with Crippen molar-refractivity contribution in [3.8, 4) is 0 Å². The van der Waals surface area contributed by atoms with Crippen LogP contribution in [-0.4, -0.2) is 4.32 Å². The Bertz CT molecular complexity index is 258. The Morgan fingerprint density at radius 1 is 1.36 bits per heavy atom. The van der Waals surface area contributed by atoms with E-state index < -0.39 is 0 Å². The van der Waals surface area contributed by atoms with E-state index in [0.29, 0.717) is 4.32 Å². The maximum Gasteiger partial charge on any atom is 0.135 e. The quantitative estimate of drug-likeness (QED) is 0.469. The predicted molar refractivity (Wildman–Crippen MR) is 64.4 cm³/mol. The number of nitrogens with one attached hydrogen (secondary N) is 1. The number of thiol groups is 1. The van der Waals surface area contributed by atoms with Gasteiger partial charge in [0, 0.05) is 9.26 Å². The minimum absolute atomic E-state index is 0.492. The van der Waals surface area contributed by atoms with Gasteiger partial charge in [0.1, 0.15) is 4.32 Å². The molecule has 0 spiro atoms. The minimum atomic E-state index is 0.492. The largest absolute Gasteiger partial charge is 0.341 e. The van der Waals surface area contributed by atoms with Crippen LogP contribution in [0.25, 0.3) is 0 Å². The fourth-order valence-corrected chi connectivity index (χ4v) is 1.26. The van der Waals surface area contributed by atoms with E-state index in [1.54, 1.807) is 0 Å². The number of thiocarbonyl (C=S) groups is 1. The lowest BCUT2D eigenvalue weighted by Gasteiger charge is -2.01. The summed E-state index contributed by atoms with van der Waals surface area (Å²) in [5, 5.41) is 2.92. The Kier molecular flexibility index (Phi) is 3.61. The van der Waals surface area contributed by atoms with Crippen molar-refractivity contribution in [3.63, 3.8) is 0 Å². The third-order valence-electron chi connectivity index (χ3n) is 1.10. The van der Waals surface area contributed by atoms with Gasteiger partial charge in [-0.3, -0.25) is 0 Å². The van der Waals surface area contributed by atoms with Crippen molar-refractivity contribution >= 4 is 57.4 Å². The molecule has 0 radical (unpaired) electrons. The number of rotatable bonds is 1. The summed E-state index contributed by atoms with van der Waals surface area (Å²) < 4.78 is 1.70. The highest BCUT2D eigenvalue weighted by molar-refractivity contribution is 14.1. The fourth-order valence-electron chi connectivity index (χ4n) is 0.657. The van der Waals surface area contributed by atoms with Crippen molar-refractivity contribution in [1.82, 2.24) is 0 Å². The molecular weight excluding hydrogens is 289 g/mol. The maximum atomic E-state index is 4.76. The third kappa shape index (κ3) is 3.39. The summed E-state index contributed by atoms with van der Waals surface area (Å²) in [4.78, 5) is 0. The highest BCUT2D eigenvalue weighted by Crippen LogP contribution is 2.11. The summed E-state index contributed by atoms with van der Waals surface area (Å²) in [5.74, 6) is 0. The number of hydrogen-bond donors (Lipinski definition) is 2. The molecule has 0 aliphatic heterocycles. The van der Waals surface area contributed by atoms with Crippen molar-refractivity contribution in [2.45, 2.75) is 0 Å². The molecule has 0 bridgehead atoms. The van der Waals surface area contributed by atoms with Crippen LogP contribution in [-0.2, 0) is 0 Å². The lowest BCUT2D eigenvalue weighted by molar-refractivity contribution is 1.62. The van der Waals surface area contributed by atoms with E-state index in [0.717, 1.165) is 5.69 Å². The van der Waals surface area contributed by atoms with Crippen LogP contribution in [0.3, 0.4) is 0 Å². The van der Waals surface area contributed by atoms with Gasteiger partial charge in [0.2, 0.25) is 0 Å². The highest BCUT2D eigenvalue weighted by atomic mass is 127. The molecule has 1 aromatic carbocycles. The van der Waals surface area contributed by atoms with Crippen LogP contribution in [0.4, 0.5) is 5.69 Å². The molecule has 0 fully saturated rings. The Hall–Kier alpha value is 0.190. The molecule has 1 aromatic rings. The number of hydrogen-bond acceptors (Lipinski definition) is 1. The van der Waals surface area contributed by atoms with E-state index in [4.69, 9.17) is 12.2 Å². The first-order valence-electron chi connectivity index (χ1n) is 2.94. The number of anilines is 1. The monoisotopic (exact) mass is 295 g/mol. The normalized spacial score (nSPS) is 9.27. The molecule has 0 saturated carbocycles. The Balaban J connectivity index is 2.74. The van der Waals surface area contributed by atoms with Crippen molar-refractivity contribution in [1.29, 1.82) is 0 Å². The molecule has 0 saturated heterocycles. The van der Waals surface area contributed by atoms with Gasteiger partial charge in [0.25, 0.3) is 0 Å². The number of halogens is 1. The summed E-state index contributed by atoms with van der Waals surface area (Å²) in [6.45, 7) is 0. The first kappa shape index (κ1) is 9.28. The summed E-state index contributed by atoms with van der Waals surface area (Å²) >= 11 is 11.0. The van der Waals surface area contributed by atoms with E-state index in [2.05, 4.69) is 40.5 Å². The number of benzene rings is 1. The third-order valence-corrected chi connectivity index (χ3v) is 2.03. The Morgan fingerprint density at radius 2 is 1.91 bits per heavy atom. The van der Waals surface area contributed by atoms with Gasteiger partial charge in [-0.15, -0.1) is 12.6 Å². The molecule has 58 valence electrons. The van der Waals surface area contributed by atoms with Gasteiger partial charge in [-0.05, 0) is 46.9 Å². The van der Waals surface area contributed by atoms with Crippen molar-refractivity contribution in [3.05, 3.63) is 27.8 Å². The molecule has 0 aromatic heterocycles. The van der Waals surface area contributed by atoms with Crippen LogP contribution in [0.5, 0.6) is 0 Å². The zero-order valence-corrected chi connectivity index (χ0v) is 9.41.